The van der Waals surface area contributed by atoms with Gasteiger partial charge in [-0.05, 0) is 36.1 Å². The van der Waals surface area contributed by atoms with Gasteiger partial charge in [0.05, 0.1) is 0 Å². The van der Waals surface area contributed by atoms with E-state index in [0.29, 0.717) is 37.6 Å². The fourth-order valence-electron chi connectivity index (χ4n) is 5.09. The zero-order valence-electron chi connectivity index (χ0n) is 24.2. The van der Waals surface area contributed by atoms with Crippen molar-refractivity contribution in [2.24, 2.45) is 11.8 Å². The van der Waals surface area contributed by atoms with Crippen molar-refractivity contribution >= 4 is 11.8 Å². The summed E-state index contributed by atoms with van der Waals surface area (Å²) in [5, 5.41) is 0. The second-order valence-electron chi connectivity index (χ2n) is 10.5. The number of benzene rings is 2. The number of ether oxygens (including phenoxy) is 3. The van der Waals surface area contributed by atoms with Crippen LogP contribution in [0.3, 0.4) is 0 Å². The first-order valence-electron chi connectivity index (χ1n) is 13.9. The van der Waals surface area contributed by atoms with E-state index in [1.54, 1.807) is 31.3 Å². The molecule has 0 unspecified atom stereocenters. The summed E-state index contributed by atoms with van der Waals surface area (Å²) in [5.41, 5.74) is 1.43. The summed E-state index contributed by atoms with van der Waals surface area (Å²) in [5.74, 6) is 0.619. The zero-order valence-corrected chi connectivity index (χ0v) is 24.2. The molecule has 0 aliphatic carbocycles. The molecule has 4 atom stereocenters. The smallest absolute Gasteiger partial charge is 0.254 e. The molecule has 0 bridgehead atoms. The van der Waals surface area contributed by atoms with Crippen LogP contribution in [0, 0.1) is 11.8 Å². The van der Waals surface area contributed by atoms with Gasteiger partial charge in [0, 0.05) is 45.0 Å². The summed E-state index contributed by atoms with van der Waals surface area (Å²) < 4.78 is 18.1. The average molecular weight is 537 g/mol. The maximum absolute atomic E-state index is 14.5. The molecule has 2 aromatic rings. The largest absolute Gasteiger partial charge is 0.489 e. The molecule has 0 N–H and O–H groups in total. The Morgan fingerprint density at radius 3 is 2.33 bits per heavy atom. The van der Waals surface area contributed by atoms with Gasteiger partial charge in [-0.3, -0.25) is 9.59 Å². The van der Waals surface area contributed by atoms with Crippen molar-refractivity contribution in [3.63, 3.8) is 0 Å². The highest BCUT2D eigenvalue weighted by atomic mass is 16.5. The number of para-hydroxylation sites is 1. The molecule has 39 heavy (non-hydrogen) atoms. The molecule has 1 heterocycles. The van der Waals surface area contributed by atoms with E-state index in [1.165, 1.54) is 0 Å². The number of carbonyl (C=O) groups excluding carboxylic acids is 2. The number of carbonyl (C=O) groups is 2. The highest BCUT2D eigenvalue weighted by Gasteiger charge is 2.38. The van der Waals surface area contributed by atoms with Crippen LogP contribution in [-0.2, 0) is 14.3 Å². The molecule has 0 radical (unpaired) electrons. The van der Waals surface area contributed by atoms with E-state index in [1.807, 2.05) is 66.4 Å². The van der Waals surface area contributed by atoms with Gasteiger partial charge in [0.15, 0.2) is 0 Å². The van der Waals surface area contributed by atoms with E-state index in [-0.39, 0.29) is 23.7 Å². The molecule has 7 heteroatoms. The standard InChI is InChI=1S/C32H44N2O5/c1-7-24(4)29-32(36)33(21-23(2)3)22-28(37-5)30(38-6)26-17-11-12-18-27(26)39-20-14-13-19-34(29)31(35)25-15-9-8-10-16-25/h8-18,23-24,28-30H,7,19-22H2,1-6H3/b14-13+/t24-,28-,29-,30-/m0/s1. The highest BCUT2D eigenvalue weighted by molar-refractivity contribution is 5.97. The van der Waals surface area contributed by atoms with Crippen LogP contribution >= 0.6 is 0 Å². The minimum Gasteiger partial charge on any atom is -0.489 e. The summed E-state index contributed by atoms with van der Waals surface area (Å²) in [6.07, 6.45) is 3.66. The Bertz CT molecular complexity index is 1090. The van der Waals surface area contributed by atoms with Crippen LogP contribution < -0.4 is 4.74 Å². The molecule has 7 nitrogen and oxygen atoms in total. The predicted octanol–water partition coefficient (Wildman–Crippen LogP) is 5.38. The molecule has 1 aliphatic rings. The third kappa shape index (κ3) is 7.70. The molecule has 0 saturated carbocycles. The third-order valence-corrected chi connectivity index (χ3v) is 7.27. The summed E-state index contributed by atoms with van der Waals surface area (Å²) in [6.45, 7) is 9.74. The first-order chi connectivity index (χ1) is 18.8. The van der Waals surface area contributed by atoms with Gasteiger partial charge in [-0.2, -0.15) is 0 Å². The first-order valence-corrected chi connectivity index (χ1v) is 13.9. The molecular formula is C32H44N2O5. The number of rotatable bonds is 7. The lowest BCUT2D eigenvalue weighted by Gasteiger charge is -2.40. The number of methoxy groups -OCH3 is 2. The molecule has 212 valence electrons. The van der Waals surface area contributed by atoms with Gasteiger partial charge in [0.2, 0.25) is 5.91 Å². The SMILES string of the molecule is CC[C@H](C)[C@H]1C(=O)N(CC(C)C)C[C@H](OC)[C@@H](OC)c2ccccc2OC/C=C/CN1C(=O)c1ccccc1. The van der Waals surface area contributed by atoms with Crippen molar-refractivity contribution in [3.8, 4) is 5.75 Å². The van der Waals surface area contributed by atoms with Crippen molar-refractivity contribution in [2.45, 2.75) is 52.4 Å². The third-order valence-electron chi connectivity index (χ3n) is 7.27. The molecule has 0 spiro atoms. The average Bonchev–Trinajstić information content (AvgIpc) is 2.95. The van der Waals surface area contributed by atoms with E-state index in [0.717, 1.165) is 12.0 Å². The normalized spacial score (nSPS) is 22.5. The molecular weight excluding hydrogens is 492 g/mol. The molecule has 0 aromatic heterocycles. The number of fused-ring (bicyclic) bond motifs is 1. The number of nitrogens with zero attached hydrogens (tertiary/aromatic N) is 2. The molecule has 2 aromatic carbocycles. The van der Waals surface area contributed by atoms with Crippen molar-refractivity contribution in [3.05, 3.63) is 77.9 Å². The molecule has 2 amide bonds. The number of hydrogen-bond acceptors (Lipinski definition) is 5. The summed E-state index contributed by atoms with van der Waals surface area (Å²) in [4.78, 5) is 31.9. The highest BCUT2D eigenvalue weighted by Crippen LogP contribution is 2.32. The van der Waals surface area contributed by atoms with Crippen LogP contribution in [0.1, 0.15) is 56.1 Å². The van der Waals surface area contributed by atoms with Gasteiger partial charge in [0.1, 0.15) is 30.6 Å². The lowest BCUT2D eigenvalue weighted by atomic mass is 9.94. The summed E-state index contributed by atoms with van der Waals surface area (Å²) in [7, 11) is 3.29. The van der Waals surface area contributed by atoms with Crippen LogP contribution in [0.25, 0.3) is 0 Å². The molecule has 0 fully saturated rings. The first kappa shape index (κ1) is 30.4. The quantitative estimate of drug-likeness (QED) is 0.445. The van der Waals surface area contributed by atoms with E-state index in [4.69, 9.17) is 14.2 Å². The molecule has 3 rings (SSSR count). The topological polar surface area (TPSA) is 68.3 Å². The van der Waals surface area contributed by atoms with E-state index in [2.05, 4.69) is 20.8 Å². The Morgan fingerprint density at radius 2 is 1.69 bits per heavy atom. The van der Waals surface area contributed by atoms with Gasteiger partial charge in [-0.1, -0.05) is 76.6 Å². The van der Waals surface area contributed by atoms with Crippen LogP contribution in [0.15, 0.2) is 66.7 Å². The zero-order chi connectivity index (χ0) is 28.4. The monoisotopic (exact) mass is 536 g/mol. The van der Waals surface area contributed by atoms with E-state index < -0.39 is 18.2 Å². The fourth-order valence-corrected chi connectivity index (χ4v) is 5.09. The van der Waals surface area contributed by atoms with E-state index >= 15 is 0 Å². The van der Waals surface area contributed by atoms with Crippen molar-refractivity contribution in [1.82, 2.24) is 9.80 Å². The van der Waals surface area contributed by atoms with Gasteiger partial charge in [0.25, 0.3) is 5.91 Å². The maximum Gasteiger partial charge on any atom is 0.254 e. The van der Waals surface area contributed by atoms with Crippen LogP contribution in [0.2, 0.25) is 0 Å². The number of amides is 2. The predicted molar refractivity (Wildman–Crippen MR) is 154 cm³/mol. The lowest BCUT2D eigenvalue weighted by molar-refractivity contribution is -0.142. The Hall–Kier alpha value is -3.16. The van der Waals surface area contributed by atoms with Gasteiger partial charge < -0.3 is 24.0 Å². The van der Waals surface area contributed by atoms with Crippen LogP contribution in [0.4, 0.5) is 0 Å². The minimum absolute atomic E-state index is 0.0580. The summed E-state index contributed by atoms with van der Waals surface area (Å²) >= 11 is 0. The molecule has 1 aliphatic heterocycles. The fraction of sp³-hybridized carbons (Fsp3) is 0.500. The number of hydrogen-bond donors (Lipinski definition) is 0. The van der Waals surface area contributed by atoms with Crippen LogP contribution in [0.5, 0.6) is 5.75 Å². The molecule has 0 saturated heterocycles. The Kier molecular flexibility index (Phi) is 11.6. The van der Waals surface area contributed by atoms with E-state index in [9.17, 15) is 9.59 Å². The van der Waals surface area contributed by atoms with Crippen LogP contribution in [-0.4, -0.2) is 74.2 Å². The van der Waals surface area contributed by atoms with Crippen molar-refractivity contribution in [2.75, 3.05) is 40.5 Å². The van der Waals surface area contributed by atoms with Crippen molar-refractivity contribution < 1.29 is 23.8 Å². The second kappa shape index (κ2) is 14.8. The summed E-state index contributed by atoms with van der Waals surface area (Å²) in [6, 6.07) is 16.3. The van der Waals surface area contributed by atoms with Crippen molar-refractivity contribution in [1.29, 1.82) is 0 Å². The maximum atomic E-state index is 14.5. The minimum atomic E-state index is -0.638. The Morgan fingerprint density at radius 1 is 1.00 bits per heavy atom. The second-order valence-corrected chi connectivity index (χ2v) is 10.5. The Balaban J connectivity index is 2.13. The lowest BCUT2D eigenvalue weighted by Crippen LogP contribution is -2.56. The van der Waals surface area contributed by atoms with Gasteiger partial charge in [-0.15, -0.1) is 0 Å². The van der Waals surface area contributed by atoms with Gasteiger partial charge in [-0.25, -0.2) is 0 Å². The van der Waals surface area contributed by atoms with Gasteiger partial charge >= 0.3 is 0 Å². The Labute approximate surface area is 233 Å².